The smallest absolute Gasteiger partial charge is 0.144 e. The van der Waals surface area contributed by atoms with E-state index in [2.05, 4.69) is 10.5 Å². The van der Waals surface area contributed by atoms with E-state index in [0.717, 1.165) is 45.4 Å². The molecule has 118 valence electrons. The molecule has 0 aliphatic carbocycles. The Bertz CT molecular complexity index is 287. The number of nitrogens with zero attached hydrogens (tertiary/aromatic N) is 1. The first kappa shape index (κ1) is 17.2. The van der Waals surface area contributed by atoms with Gasteiger partial charge in [-0.05, 0) is 51.6 Å². The Hall–Kier alpha value is -0.810. The molecule has 0 radical (unpaired) electrons. The molecule has 1 rings (SSSR count). The molecule has 1 aliphatic heterocycles. The highest BCUT2D eigenvalue weighted by Crippen LogP contribution is 2.23. The van der Waals surface area contributed by atoms with Gasteiger partial charge in [-0.1, -0.05) is 25.4 Å². The Balaban J connectivity index is 1.97. The van der Waals surface area contributed by atoms with Gasteiger partial charge < -0.3 is 21.0 Å². The van der Waals surface area contributed by atoms with Gasteiger partial charge in [0.25, 0.3) is 0 Å². The largest absolute Gasteiger partial charge is 0.409 e. The minimum Gasteiger partial charge on any atom is -0.409 e. The molecule has 0 saturated carbocycles. The molecule has 0 spiro atoms. The van der Waals surface area contributed by atoms with E-state index in [1.165, 1.54) is 19.3 Å². The summed E-state index contributed by atoms with van der Waals surface area (Å²) in [7, 11) is 0. The van der Waals surface area contributed by atoms with E-state index >= 15 is 0 Å². The molecule has 1 saturated heterocycles. The number of hydrogen-bond acceptors (Lipinski definition) is 4. The fraction of sp³-hybridized carbons (Fsp3) is 0.933. The zero-order valence-corrected chi connectivity index (χ0v) is 13.0. The van der Waals surface area contributed by atoms with Crippen molar-refractivity contribution in [3.8, 4) is 0 Å². The number of ether oxygens (including phenoxy) is 1. The lowest BCUT2D eigenvalue weighted by atomic mass is 9.86. The maximum absolute atomic E-state index is 8.71. The van der Waals surface area contributed by atoms with Crippen LogP contribution in [-0.4, -0.2) is 36.8 Å². The van der Waals surface area contributed by atoms with E-state index in [9.17, 15) is 0 Å². The van der Waals surface area contributed by atoms with Crippen LogP contribution in [-0.2, 0) is 4.74 Å². The topological polar surface area (TPSA) is 79.9 Å². The molecule has 20 heavy (non-hydrogen) atoms. The van der Waals surface area contributed by atoms with Crippen molar-refractivity contribution in [2.75, 3.05) is 19.7 Å². The van der Waals surface area contributed by atoms with Crippen LogP contribution < -0.4 is 11.1 Å². The molecule has 0 aromatic heterocycles. The molecule has 0 amide bonds. The van der Waals surface area contributed by atoms with Gasteiger partial charge in [0.1, 0.15) is 5.84 Å². The third-order valence-corrected chi connectivity index (χ3v) is 4.12. The normalized spacial score (nSPS) is 21.1. The Kier molecular flexibility index (Phi) is 7.92. The van der Waals surface area contributed by atoms with Crippen molar-refractivity contribution in [1.29, 1.82) is 0 Å². The summed E-state index contributed by atoms with van der Waals surface area (Å²) in [5.74, 6) is 0.319. The van der Waals surface area contributed by atoms with Gasteiger partial charge in [0, 0.05) is 12.0 Å². The first-order valence-corrected chi connectivity index (χ1v) is 7.86. The highest BCUT2D eigenvalue weighted by molar-refractivity contribution is 5.85. The second-order valence-electron chi connectivity index (χ2n) is 6.35. The van der Waals surface area contributed by atoms with Gasteiger partial charge >= 0.3 is 0 Å². The number of nitrogens with one attached hydrogen (secondary N) is 1. The van der Waals surface area contributed by atoms with Crippen molar-refractivity contribution in [3.05, 3.63) is 0 Å². The van der Waals surface area contributed by atoms with Crippen LogP contribution in [0.1, 0.15) is 58.8 Å². The molecule has 0 aromatic rings. The zero-order chi connectivity index (χ0) is 14.8. The summed E-state index contributed by atoms with van der Waals surface area (Å²) in [6, 6.07) is 0. The van der Waals surface area contributed by atoms with Gasteiger partial charge in [-0.15, -0.1) is 0 Å². The van der Waals surface area contributed by atoms with Gasteiger partial charge in [0.05, 0.1) is 6.10 Å². The van der Waals surface area contributed by atoms with E-state index in [-0.39, 0.29) is 5.41 Å². The standard InChI is InChI=1S/C15H31N3O2/c1-15(2,14(16)18-19)9-4-5-10-17-11-8-13-7-3-6-12-20-13/h13,17,19H,3-12H2,1-2H3,(H2,16,18). The molecule has 0 bridgehead atoms. The molecular weight excluding hydrogens is 254 g/mol. The molecular formula is C15H31N3O2. The van der Waals surface area contributed by atoms with Crippen LogP contribution in [0.15, 0.2) is 5.16 Å². The monoisotopic (exact) mass is 285 g/mol. The average molecular weight is 285 g/mol. The van der Waals surface area contributed by atoms with E-state index in [1.54, 1.807) is 0 Å². The minimum absolute atomic E-state index is 0.218. The summed E-state index contributed by atoms with van der Waals surface area (Å²) in [5.41, 5.74) is 5.45. The molecule has 1 fully saturated rings. The van der Waals surface area contributed by atoms with Crippen molar-refractivity contribution < 1.29 is 9.94 Å². The minimum atomic E-state index is -0.218. The summed E-state index contributed by atoms with van der Waals surface area (Å²) in [4.78, 5) is 0. The predicted octanol–water partition coefficient (Wildman–Crippen LogP) is 2.48. The maximum Gasteiger partial charge on any atom is 0.144 e. The second-order valence-corrected chi connectivity index (χ2v) is 6.35. The van der Waals surface area contributed by atoms with Crippen LogP contribution in [0.4, 0.5) is 0 Å². The molecule has 1 atom stereocenters. The highest BCUT2D eigenvalue weighted by Gasteiger charge is 2.22. The van der Waals surface area contributed by atoms with Crippen LogP contribution in [0, 0.1) is 5.41 Å². The lowest BCUT2D eigenvalue weighted by molar-refractivity contribution is 0.0116. The molecule has 0 aromatic carbocycles. The maximum atomic E-state index is 8.71. The zero-order valence-electron chi connectivity index (χ0n) is 13.0. The van der Waals surface area contributed by atoms with Crippen LogP contribution in [0.2, 0.25) is 0 Å². The third-order valence-electron chi connectivity index (χ3n) is 4.12. The first-order valence-electron chi connectivity index (χ1n) is 7.86. The first-order chi connectivity index (χ1) is 9.56. The fourth-order valence-electron chi connectivity index (χ4n) is 2.50. The van der Waals surface area contributed by atoms with E-state index in [4.69, 9.17) is 15.7 Å². The SMILES string of the molecule is CC(C)(CCCCNCCC1CCCCO1)C(N)=NO. The lowest BCUT2D eigenvalue weighted by Crippen LogP contribution is -2.32. The molecule has 1 heterocycles. The van der Waals surface area contributed by atoms with E-state index in [1.807, 2.05) is 13.8 Å². The van der Waals surface area contributed by atoms with Gasteiger partial charge in [0.2, 0.25) is 0 Å². The van der Waals surface area contributed by atoms with Crippen molar-refractivity contribution in [2.24, 2.45) is 16.3 Å². The van der Waals surface area contributed by atoms with Gasteiger partial charge in [-0.2, -0.15) is 0 Å². The van der Waals surface area contributed by atoms with Gasteiger partial charge in [-0.3, -0.25) is 0 Å². The number of oxime groups is 1. The molecule has 4 N–H and O–H groups in total. The predicted molar refractivity (Wildman–Crippen MR) is 82.1 cm³/mol. The Labute approximate surface area is 122 Å². The number of rotatable bonds is 9. The summed E-state index contributed by atoms with van der Waals surface area (Å²) >= 11 is 0. The van der Waals surface area contributed by atoms with Crippen LogP contribution in [0.3, 0.4) is 0 Å². The summed E-state index contributed by atoms with van der Waals surface area (Å²) < 4.78 is 5.70. The lowest BCUT2D eigenvalue weighted by Gasteiger charge is -2.23. The average Bonchev–Trinajstić information content (AvgIpc) is 2.46. The van der Waals surface area contributed by atoms with Crippen molar-refractivity contribution in [3.63, 3.8) is 0 Å². The van der Waals surface area contributed by atoms with Crippen LogP contribution in [0.5, 0.6) is 0 Å². The van der Waals surface area contributed by atoms with Crippen molar-refractivity contribution >= 4 is 5.84 Å². The second kappa shape index (κ2) is 9.19. The molecule has 5 heteroatoms. The summed E-state index contributed by atoms with van der Waals surface area (Å²) in [6.07, 6.45) is 8.48. The Morgan fingerprint density at radius 3 is 2.80 bits per heavy atom. The van der Waals surface area contributed by atoms with Gasteiger partial charge in [0.15, 0.2) is 0 Å². The highest BCUT2D eigenvalue weighted by atomic mass is 16.5. The fourth-order valence-corrected chi connectivity index (χ4v) is 2.50. The molecule has 1 unspecified atom stereocenters. The number of nitrogens with two attached hydrogens (primary N) is 1. The Morgan fingerprint density at radius 1 is 1.35 bits per heavy atom. The quantitative estimate of drug-likeness (QED) is 0.200. The molecule has 1 aliphatic rings. The Morgan fingerprint density at radius 2 is 2.15 bits per heavy atom. The van der Waals surface area contributed by atoms with Crippen LogP contribution >= 0.6 is 0 Å². The number of amidine groups is 1. The number of hydrogen-bond donors (Lipinski definition) is 3. The van der Waals surface area contributed by atoms with Crippen molar-refractivity contribution in [2.45, 2.75) is 64.9 Å². The third kappa shape index (κ3) is 6.57. The summed E-state index contributed by atoms with van der Waals surface area (Å²) in [6.45, 7) is 7.02. The van der Waals surface area contributed by atoms with Crippen molar-refractivity contribution in [1.82, 2.24) is 5.32 Å². The van der Waals surface area contributed by atoms with E-state index in [0.29, 0.717) is 11.9 Å². The summed E-state index contributed by atoms with van der Waals surface area (Å²) in [5, 5.41) is 15.3. The van der Waals surface area contributed by atoms with Gasteiger partial charge in [-0.25, -0.2) is 0 Å². The van der Waals surface area contributed by atoms with Crippen LogP contribution in [0.25, 0.3) is 0 Å². The number of unbranched alkanes of at least 4 members (excludes halogenated alkanes) is 1. The van der Waals surface area contributed by atoms with E-state index < -0.39 is 0 Å². The molecule has 5 nitrogen and oxygen atoms in total.